The average Bonchev–Trinajstić information content (AvgIpc) is 3.08. The van der Waals surface area contributed by atoms with Crippen LogP contribution in [0.25, 0.3) is 5.65 Å². The second-order valence-corrected chi connectivity index (χ2v) is 6.63. The summed E-state index contributed by atoms with van der Waals surface area (Å²) in [6, 6.07) is 11.5. The standard InChI is InChI=1S/C20H23ClN6O/c1-2-17-19(27-12-15(21)5-8-18(27)26-17)20(28)25-11-14-3-6-16(7-4-14)24-10-9-23-13-22/h3-8,12-13,24H,2,9-11H2,1H3,(H2,22,23)(H,25,28). The number of nitrogens with two attached hydrogens (primary N) is 1. The van der Waals surface area contributed by atoms with Crippen molar-refractivity contribution in [2.45, 2.75) is 19.9 Å². The summed E-state index contributed by atoms with van der Waals surface area (Å²) in [7, 11) is 0. The topological polar surface area (TPSA) is 96.8 Å². The van der Waals surface area contributed by atoms with Crippen LogP contribution in [-0.4, -0.2) is 34.7 Å². The first kappa shape index (κ1) is 19.7. The van der Waals surface area contributed by atoms with Gasteiger partial charge in [0.15, 0.2) is 0 Å². The molecule has 28 heavy (non-hydrogen) atoms. The van der Waals surface area contributed by atoms with Crippen LogP contribution in [0.3, 0.4) is 0 Å². The van der Waals surface area contributed by atoms with Gasteiger partial charge in [-0.1, -0.05) is 30.7 Å². The summed E-state index contributed by atoms with van der Waals surface area (Å²) >= 11 is 6.09. The smallest absolute Gasteiger partial charge is 0.270 e. The van der Waals surface area contributed by atoms with Crippen LogP contribution in [0.2, 0.25) is 5.02 Å². The van der Waals surface area contributed by atoms with Gasteiger partial charge < -0.3 is 16.4 Å². The fraction of sp³-hybridized carbons (Fsp3) is 0.250. The summed E-state index contributed by atoms with van der Waals surface area (Å²) in [4.78, 5) is 21.3. The summed E-state index contributed by atoms with van der Waals surface area (Å²) in [5.41, 5.74) is 9.19. The molecule has 4 N–H and O–H groups in total. The lowest BCUT2D eigenvalue weighted by Gasteiger charge is -2.09. The van der Waals surface area contributed by atoms with Crippen LogP contribution >= 0.6 is 11.6 Å². The molecule has 0 atom stereocenters. The summed E-state index contributed by atoms with van der Waals surface area (Å²) in [6.45, 7) is 3.73. The maximum atomic E-state index is 12.8. The normalized spacial score (nSPS) is 11.2. The number of pyridine rings is 1. The molecule has 2 heterocycles. The number of benzene rings is 1. The largest absolute Gasteiger partial charge is 0.390 e. The van der Waals surface area contributed by atoms with Crippen molar-refractivity contribution in [1.29, 1.82) is 0 Å². The van der Waals surface area contributed by atoms with Gasteiger partial charge in [-0.2, -0.15) is 0 Å². The number of aromatic nitrogens is 2. The Morgan fingerprint density at radius 2 is 2.07 bits per heavy atom. The molecule has 0 aliphatic carbocycles. The van der Waals surface area contributed by atoms with Gasteiger partial charge in [0.05, 0.1) is 23.6 Å². The highest BCUT2D eigenvalue weighted by atomic mass is 35.5. The van der Waals surface area contributed by atoms with E-state index in [1.807, 2.05) is 37.3 Å². The van der Waals surface area contributed by atoms with Crippen LogP contribution in [0, 0.1) is 0 Å². The van der Waals surface area contributed by atoms with E-state index in [0.717, 1.165) is 16.9 Å². The lowest BCUT2D eigenvalue weighted by molar-refractivity contribution is 0.0944. The van der Waals surface area contributed by atoms with Gasteiger partial charge in [-0.25, -0.2) is 4.98 Å². The Balaban J connectivity index is 1.66. The number of halogens is 1. The van der Waals surface area contributed by atoms with Gasteiger partial charge in [0.2, 0.25) is 0 Å². The lowest BCUT2D eigenvalue weighted by Crippen LogP contribution is -2.25. The second kappa shape index (κ2) is 9.23. The fourth-order valence-corrected chi connectivity index (χ4v) is 3.06. The number of carbonyl (C=O) groups is 1. The quantitative estimate of drug-likeness (QED) is 0.309. The monoisotopic (exact) mass is 398 g/mol. The molecule has 0 spiro atoms. The Hall–Kier alpha value is -3.06. The Labute approximate surface area is 168 Å². The number of hydrogen-bond acceptors (Lipinski definition) is 4. The number of nitrogens with one attached hydrogen (secondary N) is 2. The van der Waals surface area contributed by atoms with Crippen molar-refractivity contribution in [3.8, 4) is 0 Å². The van der Waals surface area contributed by atoms with Crippen molar-refractivity contribution < 1.29 is 4.79 Å². The third-order valence-electron chi connectivity index (χ3n) is 4.29. The highest BCUT2D eigenvalue weighted by Crippen LogP contribution is 2.17. The zero-order valence-corrected chi connectivity index (χ0v) is 16.4. The number of carbonyl (C=O) groups excluding carboxylic acids is 1. The molecule has 0 radical (unpaired) electrons. The molecular formula is C20H23ClN6O. The van der Waals surface area contributed by atoms with Gasteiger partial charge in [0.25, 0.3) is 5.91 Å². The maximum absolute atomic E-state index is 12.8. The molecule has 1 aromatic carbocycles. The number of fused-ring (bicyclic) bond motifs is 1. The van der Waals surface area contributed by atoms with Crippen molar-refractivity contribution in [2.24, 2.45) is 10.7 Å². The number of nitrogens with zero attached hydrogens (tertiary/aromatic N) is 3. The zero-order valence-electron chi connectivity index (χ0n) is 15.7. The predicted octanol–water partition coefficient (Wildman–Crippen LogP) is 2.88. The molecule has 0 bridgehead atoms. The molecule has 2 aromatic heterocycles. The second-order valence-electron chi connectivity index (χ2n) is 6.20. The van der Waals surface area contributed by atoms with Gasteiger partial charge in [0, 0.05) is 25.0 Å². The van der Waals surface area contributed by atoms with Crippen molar-refractivity contribution >= 4 is 35.2 Å². The molecule has 0 saturated heterocycles. The van der Waals surface area contributed by atoms with Crippen molar-refractivity contribution in [3.05, 3.63) is 64.6 Å². The minimum absolute atomic E-state index is 0.173. The summed E-state index contributed by atoms with van der Waals surface area (Å²) in [6.07, 6.45) is 3.68. The minimum Gasteiger partial charge on any atom is -0.390 e. The molecular weight excluding hydrogens is 376 g/mol. The summed E-state index contributed by atoms with van der Waals surface area (Å²) in [5.74, 6) is -0.173. The van der Waals surface area contributed by atoms with E-state index >= 15 is 0 Å². The van der Waals surface area contributed by atoms with Gasteiger partial charge >= 0.3 is 0 Å². The van der Waals surface area contributed by atoms with E-state index in [4.69, 9.17) is 17.3 Å². The molecule has 0 fully saturated rings. The zero-order chi connectivity index (χ0) is 19.9. The van der Waals surface area contributed by atoms with Crippen molar-refractivity contribution in [1.82, 2.24) is 14.7 Å². The number of amides is 1. The fourth-order valence-electron chi connectivity index (χ4n) is 2.90. The van der Waals surface area contributed by atoms with E-state index in [1.165, 1.54) is 6.34 Å². The number of anilines is 1. The number of aryl methyl sites for hydroxylation is 1. The molecule has 3 rings (SSSR count). The van der Waals surface area contributed by atoms with Gasteiger partial charge in [-0.3, -0.25) is 14.2 Å². The van der Waals surface area contributed by atoms with E-state index in [9.17, 15) is 4.79 Å². The molecule has 0 saturated carbocycles. The molecule has 8 heteroatoms. The third-order valence-corrected chi connectivity index (χ3v) is 4.51. The number of hydrogen-bond donors (Lipinski definition) is 3. The third kappa shape index (κ3) is 4.61. The van der Waals surface area contributed by atoms with Crippen molar-refractivity contribution in [2.75, 3.05) is 18.4 Å². The number of rotatable bonds is 8. The van der Waals surface area contributed by atoms with E-state index in [0.29, 0.717) is 42.4 Å². The van der Waals surface area contributed by atoms with E-state index < -0.39 is 0 Å². The highest BCUT2D eigenvalue weighted by Gasteiger charge is 2.18. The summed E-state index contributed by atoms with van der Waals surface area (Å²) < 4.78 is 1.74. The van der Waals surface area contributed by atoms with Gasteiger partial charge in [-0.15, -0.1) is 0 Å². The van der Waals surface area contributed by atoms with Crippen LogP contribution < -0.4 is 16.4 Å². The van der Waals surface area contributed by atoms with Crippen LogP contribution in [0.4, 0.5) is 5.69 Å². The van der Waals surface area contributed by atoms with Crippen molar-refractivity contribution in [3.63, 3.8) is 0 Å². The molecule has 0 aliphatic heterocycles. The first-order chi connectivity index (χ1) is 13.6. The molecule has 7 nitrogen and oxygen atoms in total. The van der Waals surface area contributed by atoms with E-state index in [-0.39, 0.29) is 5.91 Å². The molecule has 1 amide bonds. The minimum atomic E-state index is -0.173. The molecule has 0 aliphatic rings. The van der Waals surface area contributed by atoms with Crippen LogP contribution in [0.5, 0.6) is 0 Å². The Kier molecular flexibility index (Phi) is 6.49. The predicted molar refractivity (Wildman–Crippen MR) is 113 cm³/mol. The van der Waals surface area contributed by atoms with E-state index in [2.05, 4.69) is 20.6 Å². The number of aliphatic imine (C=N–C) groups is 1. The van der Waals surface area contributed by atoms with Crippen LogP contribution in [-0.2, 0) is 13.0 Å². The first-order valence-corrected chi connectivity index (χ1v) is 9.47. The SMILES string of the molecule is CCc1nc2ccc(Cl)cn2c1C(=O)NCc1ccc(NCCN=CN)cc1. The Bertz CT molecular complexity index is 980. The van der Waals surface area contributed by atoms with Gasteiger partial charge in [0.1, 0.15) is 11.3 Å². The van der Waals surface area contributed by atoms with Crippen LogP contribution in [0.1, 0.15) is 28.7 Å². The highest BCUT2D eigenvalue weighted by molar-refractivity contribution is 6.30. The summed E-state index contributed by atoms with van der Waals surface area (Å²) in [5, 5.41) is 6.78. The molecule has 146 valence electrons. The van der Waals surface area contributed by atoms with E-state index in [1.54, 1.807) is 16.7 Å². The van der Waals surface area contributed by atoms with Gasteiger partial charge in [-0.05, 0) is 36.2 Å². The Morgan fingerprint density at radius 3 is 2.79 bits per heavy atom. The number of imidazole rings is 1. The first-order valence-electron chi connectivity index (χ1n) is 9.10. The average molecular weight is 399 g/mol. The lowest BCUT2D eigenvalue weighted by atomic mass is 10.2. The molecule has 3 aromatic rings. The van der Waals surface area contributed by atoms with Crippen LogP contribution in [0.15, 0.2) is 47.6 Å². The molecule has 0 unspecified atom stereocenters. The Morgan fingerprint density at radius 1 is 1.29 bits per heavy atom. The maximum Gasteiger partial charge on any atom is 0.270 e.